The van der Waals surface area contributed by atoms with Gasteiger partial charge in [-0.2, -0.15) is 0 Å². The summed E-state index contributed by atoms with van der Waals surface area (Å²) in [4.78, 5) is 10.4. The van der Waals surface area contributed by atoms with Crippen molar-refractivity contribution in [2.45, 2.75) is 89.5 Å². The molecule has 0 spiro atoms. The SMILES string of the molecule is [Pt].[c-]1c(N2[CH-]N(C3C(C4CCCCC4)CCCC3C3CCCCC3)c3ccccc32)ccc[c]1[Ge]([c]1[c-]c2c(cc1)c1ccccc1n2-c1nc2ccccc2o1)([c]1ccccc1)[c]1ccccc1. The molecule has 3 fully saturated rings. The van der Waals surface area contributed by atoms with Gasteiger partial charge in [-0.15, -0.1) is 0 Å². The first-order chi connectivity index (χ1) is 33.7. The number of rotatable bonds is 9. The molecular weight excluding hydrogens is 1080 g/mol. The van der Waals surface area contributed by atoms with E-state index in [-0.39, 0.29) is 21.1 Å². The molecule has 3 heterocycles. The molecule has 7 heteroatoms. The molecule has 2 atom stereocenters. The van der Waals surface area contributed by atoms with Gasteiger partial charge < -0.3 is 0 Å². The van der Waals surface area contributed by atoms with Crippen LogP contribution in [0.25, 0.3) is 38.9 Å². The third kappa shape index (κ3) is 7.73. The topological polar surface area (TPSA) is 37.4 Å². The average molecular weight is 1140 g/mol. The van der Waals surface area contributed by atoms with E-state index in [4.69, 9.17) is 9.40 Å². The molecule has 5 nitrogen and oxygen atoms in total. The Morgan fingerprint density at radius 3 is 1.83 bits per heavy atom. The van der Waals surface area contributed by atoms with Crippen LogP contribution in [0.5, 0.6) is 0 Å². The number of oxazole rings is 1. The van der Waals surface area contributed by atoms with E-state index in [2.05, 4.69) is 173 Å². The number of nitrogens with zero attached hydrogens (tertiary/aromatic N) is 4. The molecule has 3 aliphatic carbocycles. The minimum atomic E-state index is -3.96. The second-order valence-corrected chi connectivity index (χ2v) is 28.1. The van der Waals surface area contributed by atoms with E-state index in [1.807, 2.05) is 24.3 Å². The molecule has 3 saturated carbocycles. The fourth-order valence-corrected chi connectivity index (χ4v) is 23.3. The van der Waals surface area contributed by atoms with Crippen LogP contribution in [0.1, 0.15) is 83.5 Å². The van der Waals surface area contributed by atoms with Crippen molar-refractivity contribution in [3.05, 3.63) is 183 Å². The number of hydrogen-bond donors (Lipinski definition) is 0. The summed E-state index contributed by atoms with van der Waals surface area (Å²) >= 11 is -3.96. The van der Waals surface area contributed by atoms with Gasteiger partial charge in [0.1, 0.15) is 0 Å². The predicted molar refractivity (Wildman–Crippen MR) is 283 cm³/mol. The number of anilines is 3. The molecule has 0 bridgehead atoms. The Bertz CT molecular complexity index is 3130. The van der Waals surface area contributed by atoms with Gasteiger partial charge in [-0.05, 0) is 0 Å². The Morgan fingerprint density at radius 2 is 1.13 bits per heavy atom. The third-order valence-electron chi connectivity index (χ3n) is 16.8. The maximum atomic E-state index is 6.57. The van der Waals surface area contributed by atoms with Crippen LogP contribution in [0.15, 0.2) is 168 Å². The third-order valence-corrected chi connectivity index (χ3v) is 26.4. The van der Waals surface area contributed by atoms with Crippen LogP contribution in [0.4, 0.5) is 17.1 Å². The van der Waals surface area contributed by atoms with Crippen LogP contribution in [-0.2, 0) is 21.1 Å². The van der Waals surface area contributed by atoms with Gasteiger partial charge in [0.25, 0.3) is 0 Å². The van der Waals surface area contributed by atoms with E-state index in [1.54, 1.807) is 0 Å². The number of fused-ring (bicyclic) bond motifs is 5. The van der Waals surface area contributed by atoms with Gasteiger partial charge >= 0.3 is 406 Å². The molecular formula is C62H59GeN4OPt-3. The Morgan fingerprint density at radius 1 is 0.522 bits per heavy atom. The van der Waals surface area contributed by atoms with Crippen molar-refractivity contribution >= 4 is 80.8 Å². The summed E-state index contributed by atoms with van der Waals surface area (Å²) in [7, 11) is 0. The van der Waals surface area contributed by atoms with E-state index in [0.717, 1.165) is 62.3 Å². The molecule has 4 aliphatic rings. The van der Waals surface area contributed by atoms with Gasteiger partial charge in [-0.3, -0.25) is 0 Å². The molecule has 13 rings (SSSR count). The molecule has 0 saturated heterocycles. The molecule has 69 heavy (non-hydrogen) atoms. The molecule has 0 radical (unpaired) electrons. The minimum absolute atomic E-state index is 0. The van der Waals surface area contributed by atoms with Gasteiger partial charge in [0.15, 0.2) is 0 Å². The van der Waals surface area contributed by atoms with E-state index in [1.165, 1.54) is 112 Å². The molecule has 2 unspecified atom stereocenters. The van der Waals surface area contributed by atoms with Crippen molar-refractivity contribution in [1.29, 1.82) is 0 Å². The van der Waals surface area contributed by atoms with Crippen molar-refractivity contribution in [3.63, 3.8) is 0 Å². The molecule has 0 N–H and O–H groups in total. The summed E-state index contributed by atoms with van der Waals surface area (Å²) in [5.41, 5.74) is 7.37. The molecule has 2 aromatic heterocycles. The Hall–Kier alpha value is -5.36. The Kier molecular flexibility index (Phi) is 12.4. The maximum absolute atomic E-state index is 6.57. The second-order valence-electron chi connectivity index (χ2n) is 20.3. The van der Waals surface area contributed by atoms with Gasteiger partial charge in [0.2, 0.25) is 0 Å². The zero-order chi connectivity index (χ0) is 45.0. The zero-order valence-corrected chi connectivity index (χ0v) is 43.6. The van der Waals surface area contributed by atoms with Gasteiger partial charge in [-0.1, -0.05) is 0 Å². The van der Waals surface area contributed by atoms with Crippen molar-refractivity contribution < 1.29 is 25.5 Å². The standard InChI is InChI=1S/C62H59GeN4O.Pt/c1-5-21-44(22-6-1)51-32-20-33-52(45-23-7-2-8-24-45)61(51)66-43-65(57-36-16-17-37-58(57)66)50-30-19-29-48(41-50)63(46-25-9-3-10-26-46,47-27-11-4-12-28-47)49-39-40-54-53-31-13-15-35-56(53)67(59(54)42-49)62-64-55-34-14-18-38-60(55)68-62;/h3-4,9-19,25-31,34-40,43-45,51-52,61H,1-2,5-8,20-24,32-33H2;/q-3;. The molecule has 350 valence electrons. The number of aromatic nitrogens is 2. The van der Waals surface area contributed by atoms with Crippen molar-refractivity contribution in [2.75, 3.05) is 9.80 Å². The van der Waals surface area contributed by atoms with E-state index in [9.17, 15) is 0 Å². The molecule has 7 aromatic carbocycles. The number of para-hydroxylation sites is 5. The summed E-state index contributed by atoms with van der Waals surface area (Å²) in [6.07, 6.45) is 18.1. The van der Waals surface area contributed by atoms with Crippen LogP contribution in [0.2, 0.25) is 0 Å². The predicted octanol–water partition coefficient (Wildman–Crippen LogP) is 12.9. The first-order valence-corrected chi connectivity index (χ1v) is 29.9. The van der Waals surface area contributed by atoms with Crippen molar-refractivity contribution in [2.24, 2.45) is 23.7 Å². The van der Waals surface area contributed by atoms with Gasteiger partial charge in [0.05, 0.1) is 0 Å². The molecule has 0 amide bonds. The fourth-order valence-electron chi connectivity index (χ4n) is 13.8. The van der Waals surface area contributed by atoms with E-state index in [0.29, 0.717) is 12.1 Å². The van der Waals surface area contributed by atoms with E-state index >= 15 is 0 Å². The van der Waals surface area contributed by atoms with Crippen LogP contribution in [0.3, 0.4) is 0 Å². The first kappa shape index (κ1) is 44.8. The zero-order valence-electron chi connectivity index (χ0n) is 39.3. The van der Waals surface area contributed by atoms with Crippen LogP contribution < -0.4 is 27.4 Å². The van der Waals surface area contributed by atoms with Crippen LogP contribution >= 0.6 is 0 Å². The molecule has 1 aliphatic heterocycles. The van der Waals surface area contributed by atoms with Gasteiger partial charge in [0, 0.05) is 21.1 Å². The van der Waals surface area contributed by atoms with Crippen molar-refractivity contribution in [1.82, 2.24) is 9.55 Å². The average Bonchev–Trinajstić information content (AvgIpc) is 4.12. The number of benzene rings is 7. The van der Waals surface area contributed by atoms with Crippen molar-refractivity contribution in [3.8, 4) is 6.01 Å². The molecule has 9 aromatic rings. The Balaban J connectivity index is 0.00000492. The van der Waals surface area contributed by atoms with Crippen LogP contribution in [0, 0.1) is 42.5 Å². The summed E-state index contributed by atoms with van der Waals surface area (Å²) in [5, 5.41) is 2.28. The summed E-state index contributed by atoms with van der Waals surface area (Å²) in [5.74, 6) is 3.10. The first-order valence-electron chi connectivity index (χ1n) is 25.7. The quantitative estimate of drug-likeness (QED) is 0.107. The second kappa shape index (κ2) is 19.1. The number of hydrogen-bond acceptors (Lipinski definition) is 4. The summed E-state index contributed by atoms with van der Waals surface area (Å²) in [6.45, 7) is 2.53. The fraction of sp³-hybridized carbons (Fsp3) is 0.290. The Labute approximate surface area is 424 Å². The van der Waals surface area contributed by atoms with Crippen LogP contribution in [-0.4, -0.2) is 28.9 Å². The summed E-state index contributed by atoms with van der Waals surface area (Å²) in [6, 6.07) is 69.8. The summed E-state index contributed by atoms with van der Waals surface area (Å²) < 4.78 is 13.9. The van der Waals surface area contributed by atoms with Gasteiger partial charge in [-0.25, -0.2) is 0 Å². The van der Waals surface area contributed by atoms with E-state index < -0.39 is 13.3 Å². The normalized spacial score (nSPS) is 20.4. The monoisotopic (exact) mass is 1140 g/mol.